The van der Waals surface area contributed by atoms with E-state index in [9.17, 15) is 0 Å². The van der Waals surface area contributed by atoms with Crippen LogP contribution < -0.4 is 0 Å². The Morgan fingerprint density at radius 2 is 0.848 bits per heavy atom. The molecule has 4 aromatic rings. The van der Waals surface area contributed by atoms with E-state index < -0.39 is 0 Å². The third-order valence-electron chi connectivity index (χ3n) is 5.63. The molecule has 0 nitrogen and oxygen atoms in total. The molecular formula is C32H30S. The van der Waals surface area contributed by atoms with Crippen molar-refractivity contribution in [2.24, 2.45) is 0 Å². The van der Waals surface area contributed by atoms with Crippen LogP contribution in [0, 0.1) is 13.8 Å². The van der Waals surface area contributed by atoms with Crippen molar-refractivity contribution in [3.05, 3.63) is 155 Å². The highest BCUT2D eigenvalue weighted by Crippen LogP contribution is 2.42. The fraction of sp³-hybridized carbons (Fsp3) is 0.125. The van der Waals surface area contributed by atoms with Crippen LogP contribution in [0.15, 0.2) is 121 Å². The smallest absolute Gasteiger partial charge is 0.0489 e. The first-order valence-electron chi connectivity index (χ1n) is 11.4. The zero-order valence-corrected chi connectivity index (χ0v) is 20.1. The van der Waals surface area contributed by atoms with Crippen molar-refractivity contribution in [3.63, 3.8) is 0 Å². The molecule has 4 aromatic carbocycles. The first kappa shape index (κ1) is 22.9. The van der Waals surface area contributed by atoms with E-state index in [0.717, 1.165) is 0 Å². The van der Waals surface area contributed by atoms with Gasteiger partial charge in [-0.1, -0.05) is 145 Å². The van der Waals surface area contributed by atoms with Gasteiger partial charge in [0.05, 0.1) is 0 Å². The zero-order valence-electron chi connectivity index (χ0n) is 19.3. The minimum Gasteiger partial charge on any atom is -0.137 e. The second kappa shape index (κ2) is 11.5. The van der Waals surface area contributed by atoms with E-state index in [-0.39, 0.29) is 10.5 Å². The van der Waals surface area contributed by atoms with E-state index in [2.05, 4.69) is 147 Å². The fourth-order valence-corrected chi connectivity index (χ4v) is 4.95. The Bertz CT molecular complexity index is 1070. The lowest BCUT2D eigenvalue weighted by molar-refractivity contribution is 1.17. The number of thioether (sulfide) groups is 1. The van der Waals surface area contributed by atoms with Crippen LogP contribution in [0.4, 0.5) is 0 Å². The summed E-state index contributed by atoms with van der Waals surface area (Å²) in [6, 6.07) is 39.0. The molecule has 0 saturated carbocycles. The minimum absolute atomic E-state index is 0.236. The average molecular weight is 447 g/mol. The molecular weight excluding hydrogens is 416 g/mol. The number of benzene rings is 4. The van der Waals surface area contributed by atoms with Gasteiger partial charge in [0.2, 0.25) is 0 Å². The normalized spacial score (nSPS) is 13.4. The second-order valence-corrected chi connectivity index (χ2v) is 9.63. The molecule has 0 aromatic heterocycles. The van der Waals surface area contributed by atoms with E-state index in [0.29, 0.717) is 0 Å². The third-order valence-corrected chi connectivity index (χ3v) is 7.08. The highest BCUT2D eigenvalue weighted by atomic mass is 32.2. The fourth-order valence-electron chi connectivity index (χ4n) is 3.67. The molecule has 0 bridgehead atoms. The molecule has 2 atom stereocenters. The molecule has 0 saturated heterocycles. The van der Waals surface area contributed by atoms with Gasteiger partial charge in [-0.3, -0.25) is 0 Å². The Morgan fingerprint density at radius 3 is 1.21 bits per heavy atom. The molecule has 33 heavy (non-hydrogen) atoms. The Morgan fingerprint density at radius 1 is 0.485 bits per heavy atom. The lowest BCUT2D eigenvalue weighted by Crippen LogP contribution is -1.97. The first-order chi connectivity index (χ1) is 16.2. The van der Waals surface area contributed by atoms with Crippen LogP contribution in [0.2, 0.25) is 0 Å². The van der Waals surface area contributed by atoms with Crippen LogP contribution in [0.3, 0.4) is 0 Å². The average Bonchev–Trinajstić information content (AvgIpc) is 2.87. The van der Waals surface area contributed by atoms with Gasteiger partial charge >= 0.3 is 0 Å². The van der Waals surface area contributed by atoms with Crippen molar-refractivity contribution in [2.45, 2.75) is 24.3 Å². The molecule has 0 amide bonds. The number of aryl methyl sites for hydroxylation is 2. The molecule has 0 aliphatic heterocycles. The summed E-state index contributed by atoms with van der Waals surface area (Å²) in [7, 11) is 0. The standard InChI is InChI=1S/C32H30S/c1-25-13-17-27(18-14-25)21-23-31(29-9-5-3-6-10-29)33-32(30-11-7-4-8-12-30)24-22-28-19-15-26(2)16-20-28/h3-24,31-32H,1-2H3/b23-21-,24-22-. The Hall–Kier alpha value is -3.29. The van der Waals surface area contributed by atoms with Crippen LogP contribution in [-0.2, 0) is 0 Å². The SMILES string of the molecule is Cc1ccc(/C=C\C(SC(/C=C\c2ccc(C)cc2)c2ccccc2)c2ccccc2)cc1. The van der Waals surface area contributed by atoms with Crippen molar-refractivity contribution in [3.8, 4) is 0 Å². The summed E-state index contributed by atoms with van der Waals surface area (Å²) in [4.78, 5) is 0. The van der Waals surface area contributed by atoms with Crippen molar-refractivity contribution in [2.75, 3.05) is 0 Å². The molecule has 2 unspecified atom stereocenters. The quantitative estimate of drug-likeness (QED) is 0.260. The van der Waals surface area contributed by atoms with Gasteiger partial charge in [0.1, 0.15) is 0 Å². The van der Waals surface area contributed by atoms with Crippen molar-refractivity contribution in [1.82, 2.24) is 0 Å². The third kappa shape index (κ3) is 6.84. The molecule has 164 valence electrons. The monoisotopic (exact) mass is 446 g/mol. The summed E-state index contributed by atoms with van der Waals surface area (Å²) in [5.74, 6) is 0. The topological polar surface area (TPSA) is 0 Å². The minimum atomic E-state index is 0.236. The van der Waals surface area contributed by atoms with Crippen LogP contribution in [0.5, 0.6) is 0 Å². The van der Waals surface area contributed by atoms with E-state index in [4.69, 9.17) is 0 Å². The van der Waals surface area contributed by atoms with Gasteiger partial charge in [0, 0.05) is 10.5 Å². The van der Waals surface area contributed by atoms with Gasteiger partial charge in [-0.15, -0.1) is 11.8 Å². The summed E-state index contributed by atoms with van der Waals surface area (Å²) >= 11 is 1.97. The Balaban J connectivity index is 1.64. The lowest BCUT2D eigenvalue weighted by Gasteiger charge is -2.20. The highest BCUT2D eigenvalue weighted by molar-refractivity contribution is 8.00. The van der Waals surface area contributed by atoms with Gasteiger partial charge in [-0.25, -0.2) is 0 Å². The van der Waals surface area contributed by atoms with Gasteiger partial charge in [0.15, 0.2) is 0 Å². The maximum absolute atomic E-state index is 2.33. The molecule has 0 aliphatic carbocycles. The van der Waals surface area contributed by atoms with Crippen LogP contribution in [-0.4, -0.2) is 0 Å². The lowest BCUT2D eigenvalue weighted by atomic mass is 10.1. The predicted octanol–water partition coefficient (Wildman–Crippen LogP) is 9.25. The van der Waals surface area contributed by atoms with Crippen molar-refractivity contribution >= 4 is 23.9 Å². The van der Waals surface area contributed by atoms with Gasteiger partial charge < -0.3 is 0 Å². The van der Waals surface area contributed by atoms with Crippen molar-refractivity contribution < 1.29 is 0 Å². The van der Waals surface area contributed by atoms with E-state index >= 15 is 0 Å². The van der Waals surface area contributed by atoms with Crippen molar-refractivity contribution in [1.29, 1.82) is 0 Å². The molecule has 0 radical (unpaired) electrons. The summed E-state index contributed by atoms with van der Waals surface area (Å²) in [5.41, 5.74) is 7.66. The maximum Gasteiger partial charge on any atom is 0.0489 e. The predicted molar refractivity (Wildman–Crippen MR) is 146 cm³/mol. The zero-order chi connectivity index (χ0) is 22.9. The maximum atomic E-state index is 2.33. The van der Waals surface area contributed by atoms with E-state index in [1.54, 1.807) is 0 Å². The molecule has 0 fully saturated rings. The summed E-state index contributed by atoms with van der Waals surface area (Å²) in [6.45, 7) is 4.25. The first-order valence-corrected chi connectivity index (χ1v) is 12.4. The largest absolute Gasteiger partial charge is 0.137 e. The number of hydrogen-bond acceptors (Lipinski definition) is 1. The molecule has 0 aliphatic rings. The van der Waals surface area contributed by atoms with Crippen LogP contribution in [0.25, 0.3) is 12.2 Å². The van der Waals surface area contributed by atoms with E-state index in [1.165, 1.54) is 33.4 Å². The molecule has 0 spiro atoms. The summed E-state index contributed by atoms with van der Waals surface area (Å²) in [5, 5.41) is 0.473. The van der Waals surface area contributed by atoms with E-state index in [1.807, 2.05) is 11.8 Å². The second-order valence-electron chi connectivity index (χ2n) is 8.34. The molecule has 0 heterocycles. The highest BCUT2D eigenvalue weighted by Gasteiger charge is 2.16. The van der Waals surface area contributed by atoms with Crippen LogP contribution in [0.1, 0.15) is 43.9 Å². The van der Waals surface area contributed by atoms with Crippen LogP contribution >= 0.6 is 11.8 Å². The molecule has 0 N–H and O–H groups in total. The summed E-state index contributed by atoms with van der Waals surface area (Å²) < 4.78 is 0. The van der Waals surface area contributed by atoms with Gasteiger partial charge in [-0.05, 0) is 36.1 Å². The summed E-state index contributed by atoms with van der Waals surface area (Å²) in [6.07, 6.45) is 9.16. The Kier molecular flexibility index (Phi) is 8.00. The molecule has 4 rings (SSSR count). The Labute approximate surface area is 202 Å². The molecule has 1 heteroatoms. The number of rotatable bonds is 8. The van der Waals surface area contributed by atoms with Gasteiger partial charge in [-0.2, -0.15) is 0 Å². The number of hydrogen-bond donors (Lipinski definition) is 0. The van der Waals surface area contributed by atoms with Gasteiger partial charge in [0.25, 0.3) is 0 Å².